The zero-order valence-corrected chi connectivity index (χ0v) is 9.95. The first-order valence-corrected chi connectivity index (χ1v) is 5.45. The number of anilines is 1. The first-order valence-electron chi connectivity index (χ1n) is 5.45. The van der Waals surface area contributed by atoms with E-state index in [1.54, 1.807) is 6.20 Å². The fourth-order valence-electron chi connectivity index (χ4n) is 1.17. The maximum absolute atomic E-state index is 5.65. The van der Waals surface area contributed by atoms with Crippen LogP contribution in [0.4, 0.5) is 5.82 Å². The number of pyridine rings is 1. The highest BCUT2D eigenvalue weighted by Crippen LogP contribution is 2.22. The van der Waals surface area contributed by atoms with E-state index in [0.29, 0.717) is 5.92 Å². The van der Waals surface area contributed by atoms with Crippen LogP contribution in [0.2, 0.25) is 0 Å². The Kier molecular flexibility index (Phi) is 4.40. The van der Waals surface area contributed by atoms with Gasteiger partial charge in [-0.3, -0.25) is 0 Å². The van der Waals surface area contributed by atoms with E-state index in [1.807, 2.05) is 26.0 Å². The van der Waals surface area contributed by atoms with Gasteiger partial charge in [0, 0.05) is 12.7 Å². The van der Waals surface area contributed by atoms with Crippen LogP contribution >= 0.6 is 0 Å². The molecule has 1 N–H and O–H groups in total. The number of nitrogens with zero attached hydrogens (tertiary/aromatic N) is 1. The van der Waals surface area contributed by atoms with Gasteiger partial charge in [0.1, 0.15) is 0 Å². The predicted molar refractivity (Wildman–Crippen MR) is 63.3 cm³/mol. The Morgan fingerprint density at radius 1 is 1.33 bits per heavy atom. The fourth-order valence-corrected chi connectivity index (χ4v) is 1.17. The highest BCUT2D eigenvalue weighted by Gasteiger charge is 2.06. The maximum atomic E-state index is 5.65. The predicted octanol–water partition coefficient (Wildman–Crippen LogP) is 2.94. The standard InChI is InChI=1S/C12H20N2O/c1-9(2)8-14-12-11(15-10(3)4)6-5-7-13-12/h5-7,9-10H,8H2,1-4H3,(H,13,14). The third-order valence-corrected chi connectivity index (χ3v) is 1.81. The first-order chi connectivity index (χ1) is 7.09. The number of hydrogen-bond donors (Lipinski definition) is 1. The summed E-state index contributed by atoms with van der Waals surface area (Å²) >= 11 is 0. The quantitative estimate of drug-likeness (QED) is 0.807. The maximum Gasteiger partial charge on any atom is 0.168 e. The van der Waals surface area contributed by atoms with Gasteiger partial charge >= 0.3 is 0 Å². The molecule has 0 spiro atoms. The molecule has 0 aromatic carbocycles. The summed E-state index contributed by atoms with van der Waals surface area (Å²) in [6, 6.07) is 3.83. The number of nitrogens with one attached hydrogen (secondary N) is 1. The summed E-state index contributed by atoms with van der Waals surface area (Å²) < 4.78 is 5.65. The Bertz CT molecular complexity index is 297. The van der Waals surface area contributed by atoms with Crippen molar-refractivity contribution in [2.45, 2.75) is 33.8 Å². The van der Waals surface area contributed by atoms with E-state index in [0.717, 1.165) is 18.1 Å². The second-order valence-corrected chi connectivity index (χ2v) is 4.29. The SMILES string of the molecule is CC(C)CNc1ncccc1OC(C)C. The van der Waals surface area contributed by atoms with Crippen LogP contribution in [0.3, 0.4) is 0 Å². The molecule has 3 nitrogen and oxygen atoms in total. The van der Waals surface area contributed by atoms with Gasteiger partial charge in [-0.2, -0.15) is 0 Å². The largest absolute Gasteiger partial charge is 0.487 e. The molecule has 0 unspecified atom stereocenters. The van der Waals surface area contributed by atoms with Gasteiger partial charge in [-0.25, -0.2) is 4.98 Å². The van der Waals surface area contributed by atoms with Gasteiger partial charge < -0.3 is 10.1 Å². The third kappa shape index (κ3) is 4.19. The van der Waals surface area contributed by atoms with E-state index in [-0.39, 0.29) is 6.10 Å². The molecular formula is C12H20N2O. The molecule has 0 radical (unpaired) electrons. The summed E-state index contributed by atoms with van der Waals surface area (Å²) in [4.78, 5) is 4.27. The van der Waals surface area contributed by atoms with Crippen molar-refractivity contribution in [3.05, 3.63) is 18.3 Å². The molecule has 0 aliphatic carbocycles. The van der Waals surface area contributed by atoms with Crippen molar-refractivity contribution >= 4 is 5.82 Å². The van der Waals surface area contributed by atoms with Gasteiger partial charge in [-0.05, 0) is 31.9 Å². The molecule has 1 aromatic rings. The van der Waals surface area contributed by atoms with Gasteiger partial charge in [-0.15, -0.1) is 0 Å². The molecule has 0 aliphatic heterocycles. The van der Waals surface area contributed by atoms with Crippen LogP contribution in [0.15, 0.2) is 18.3 Å². The summed E-state index contributed by atoms with van der Waals surface area (Å²) in [5.41, 5.74) is 0. The lowest BCUT2D eigenvalue weighted by atomic mass is 10.2. The monoisotopic (exact) mass is 208 g/mol. The Morgan fingerprint density at radius 2 is 2.07 bits per heavy atom. The topological polar surface area (TPSA) is 34.2 Å². The first kappa shape index (κ1) is 11.8. The molecule has 0 bridgehead atoms. The molecular weight excluding hydrogens is 188 g/mol. The fraction of sp³-hybridized carbons (Fsp3) is 0.583. The second kappa shape index (κ2) is 5.59. The molecule has 0 saturated heterocycles. The second-order valence-electron chi connectivity index (χ2n) is 4.29. The van der Waals surface area contributed by atoms with Crippen molar-refractivity contribution in [3.63, 3.8) is 0 Å². The van der Waals surface area contributed by atoms with E-state index in [2.05, 4.69) is 24.1 Å². The summed E-state index contributed by atoms with van der Waals surface area (Å²) in [6.45, 7) is 9.27. The van der Waals surface area contributed by atoms with Crippen molar-refractivity contribution in [2.24, 2.45) is 5.92 Å². The Hall–Kier alpha value is -1.25. The molecule has 1 aromatic heterocycles. The third-order valence-electron chi connectivity index (χ3n) is 1.81. The number of rotatable bonds is 5. The van der Waals surface area contributed by atoms with Gasteiger partial charge in [0.2, 0.25) is 0 Å². The minimum atomic E-state index is 0.175. The van der Waals surface area contributed by atoms with Crippen molar-refractivity contribution in [1.29, 1.82) is 0 Å². The smallest absolute Gasteiger partial charge is 0.168 e. The lowest BCUT2D eigenvalue weighted by Crippen LogP contribution is -2.12. The highest BCUT2D eigenvalue weighted by molar-refractivity contribution is 5.49. The number of ether oxygens (including phenoxy) is 1. The van der Waals surface area contributed by atoms with Gasteiger partial charge in [0.25, 0.3) is 0 Å². The summed E-state index contributed by atoms with van der Waals surface area (Å²) in [6.07, 6.45) is 1.95. The summed E-state index contributed by atoms with van der Waals surface area (Å²) in [7, 11) is 0. The lowest BCUT2D eigenvalue weighted by molar-refractivity contribution is 0.243. The van der Waals surface area contributed by atoms with E-state index in [9.17, 15) is 0 Å². The van der Waals surface area contributed by atoms with Crippen LogP contribution in [0, 0.1) is 5.92 Å². The van der Waals surface area contributed by atoms with Gasteiger partial charge in [0.15, 0.2) is 11.6 Å². The Labute approximate surface area is 91.9 Å². The molecule has 0 aliphatic rings. The molecule has 3 heteroatoms. The van der Waals surface area contributed by atoms with E-state index < -0.39 is 0 Å². The van der Waals surface area contributed by atoms with Crippen molar-refractivity contribution in [1.82, 2.24) is 4.98 Å². The van der Waals surface area contributed by atoms with Crippen molar-refractivity contribution in [3.8, 4) is 5.75 Å². The molecule has 1 rings (SSSR count). The van der Waals surface area contributed by atoms with Crippen LogP contribution in [0.5, 0.6) is 5.75 Å². The zero-order chi connectivity index (χ0) is 11.3. The van der Waals surface area contributed by atoms with Crippen LogP contribution < -0.4 is 10.1 Å². The van der Waals surface area contributed by atoms with Crippen molar-refractivity contribution in [2.75, 3.05) is 11.9 Å². The van der Waals surface area contributed by atoms with Crippen LogP contribution in [0.1, 0.15) is 27.7 Å². The molecule has 0 amide bonds. The average molecular weight is 208 g/mol. The van der Waals surface area contributed by atoms with Crippen LogP contribution in [0.25, 0.3) is 0 Å². The van der Waals surface area contributed by atoms with E-state index >= 15 is 0 Å². The highest BCUT2D eigenvalue weighted by atomic mass is 16.5. The van der Waals surface area contributed by atoms with Crippen LogP contribution in [-0.2, 0) is 0 Å². The Balaban J connectivity index is 2.68. The summed E-state index contributed by atoms with van der Waals surface area (Å²) in [5, 5.41) is 3.28. The number of aromatic nitrogens is 1. The normalized spacial score (nSPS) is 10.8. The van der Waals surface area contributed by atoms with Gasteiger partial charge in [0.05, 0.1) is 6.10 Å². The molecule has 1 heterocycles. The van der Waals surface area contributed by atoms with E-state index in [4.69, 9.17) is 4.74 Å². The molecule has 0 fully saturated rings. The van der Waals surface area contributed by atoms with Crippen molar-refractivity contribution < 1.29 is 4.74 Å². The zero-order valence-electron chi connectivity index (χ0n) is 9.95. The molecule has 15 heavy (non-hydrogen) atoms. The average Bonchev–Trinajstić information content (AvgIpc) is 2.15. The Morgan fingerprint density at radius 3 is 2.67 bits per heavy atom. The minimum Gasteiger partial charge on any atom is -0.487 e. The van der Waals surface area contributed by atoms with Gasteiger partial charge in [-0.1, -0.05) is 13.8 Å². The lowest BCUT2D eigenvalue weighted by Gasteiger charge is -2.15. The summed E-state index contributed by atoms with van der Waals surface area (Å²) in [5.74, 6) is 2.26. The van der Waals surface area contributed by atoms with E-state index in [1.165, 1.54) is 0 Å². The number of hydrogen-bond acceptors (Lipinski definition) is 3. The van der Waals surface area contributed by atoms with Crippen LogP contribution in [-0.4, -0.2) is 17.6 Å². The molecule has 0 saturated carbocycles. The minimum absolute atomic E-state index is 0.175. The molecule has 84 valence electrons. The molecule has 0 atom stereocenters.